The van der Waals surface area contributed by atoms with Crippen molar-refractivity contribution in [1.29, 1.82) is 0 Å². The second kappa shape index (κ2) is 6.22. The highest BCUT2D eigenvalue weighted by Crippen LogP contribution is 2.30. The van der Waals surface area contributed by atoms with E-state index in [4.69, 9.17) is 10.5 Å². The van der Waals surface area contributed by atoms with Gasteiger partial charge >= 0.3 is 0 Å². The van der Waals surface area contributed by atoms with Gasteiger partial charge in [0.15, 0.2) is 0 Å². The van der Waals surface area contributed by atoms with E-state index in [1.807, 2.05) is 4.90 Å². The van der Waals surface area contributed by atoms with Crippen LogP contribution in [0.25, 0.3) is 0 Å². The van der Waals surface area contributed by atoms with E-state index in [2.05, 4.69) is 6.92 Å². The molecule has 106 valence electrons. The number of nitrogens with two attached hydrogens (primary N) is 1. The number of methoxy groups -OCH3 is 1. The minimum Gasteiger partial charge on any atom is -0.379 e. The van der Waals surface area contributed by atoms with Crippen LogP contribution in [0.3, 0.4) is 0 Å². The predicted octanol–water partition coefficient (Wildman–Crippen LogP) is 1.56. The molecule has 4 nitrogen and oxygen atoms in total. The highest BCUT2D eigenvalue weighted by Gasteiger charge is 2.41. The molecule has 0 bridgehead atoms. The third kappa shape index (κ3) is 2.98. The lowest BCUT2D eigenvalue weighted by Crippen LogP contribution is -2.57. The van der Waals surface area contributed by atoms with Crippen LogP contribution >= 0.6 is 12.4 Å². The van der Waals surface area contributed by atoms with Crippen molar-refractivity contribution >= 4 is 18.3 Å². The fourth-order valence-corrected chi connectivity index (χ4v) is 3.06. The van der Waals surface area contributed by atoms with Crippen LogP contribution in [0.1, 0.15) is 39.0 Å². The summed E-state index contributed by atoms with van der Waals surface area (Å²) in [5.41, 5.74) is 5.64. The number of piperidine rings is 1. The molecule has 2 fully saturated rings. The first-order valence-corrected chi connectivity index (χ1v) is 6.68. The predicted molar refractivity (Wildman–Crippen MR) is 73.8 cm³/mol. The van der Waals surface area contributed by atoms with Crippen LogP contribution in [0.4, 0.5) is 0 Å². The average molecular weight is 277 g/mol. The summed E-state index contributed by atoms with van der Waals surface area (Å²) in [6.45, 7) is 3.72. The molecule has 2 rings (SSSR count). The van der Waals surface area contributed by atoms with Crippen molar-refractivity contribution in [2.24, 2.45) is 11.7 Å². The Kier molecular flexibility index (Phi) is 5.44. The van der Waals surface area contributed by atoms with E-state index < -0.39 is 5.54 Å². The van der Waals surface area contributed by atoms with Gasteiger partial charge in [-0.3, -0.25) is 4.79 Å². The SMILES string of the molecule is COC1CN(C(=O)C2(N)CCCC2)CCC1C.Cl. The number of rotatable bonds is 2. The van der Waals surface area contributed by atoms with Crippen LogP contribution in [-0.2, 0) is 9.53 Å². The van der Waals surface area contributed by atoms with E-state index in [9.17, 15) is 4.79 Å². The molecule has 2 aliphatic rings. The van der Waals surface area contributed by atoms with E-state index in [-0.39, 0.29) is 24.4 Å². The normalized spacial score (nSPS) is 30.9. The molecule has 18 heavy (non-hydrogen) atoms. The minimum atomic E-state index is -0.584. The Hall–Kier alpha value is -0.320. The van der Waals surface area contributed by atoms with Gasteiger partial charge in [0.05, 0.1) is 11.6 Å². The van der Waals surface area contributed by atoms with E-state index in [0.29, 0.717) is 12.5 Å². The molecule has 0 aromatic heterocycles. The lowest BCUT2D eigenvalue weighted by atomic mass is 9.92. The quantitative estimate of drug-likeness (QED) is 0.833. The van der Waals surface area contributed by atoms with Crippen molar-refractivity contribution in [3.63, 3.8) is 0 Å². The van der Waals surface area contributed by atoms with Crippen molar-refractivity contribution < 1.29 is 9.53 Å². The molecule has 1 amide bonds. The standard InChI is InChI=1S/C13H24N2O2.ClH/c1-10-5-8-15(9-11(10)17-2)12(16)13(14)6-3-4-7-13;/h10-11H,3-9,14H2,1-2H3;1H. The van der Waals surface area contributed by atoms with E-state index in [1.165, 1.54) is 0 Å². The Morgan fingerprint density at radius 2 is 2.00 bits per heavy atom. The summed E-state index contributed by atoms with van der Waals surface area (Å²) in [7, 11) is 1.73. The Balaban J connectivity index is 0.00000162. The highest BCUT2D eigenvalue weighted by molar-refractivity contribution is 5.86. The third-order valence-corrected chi connectivity index (χ3v) is 4.40. The Labute approximate surface area is 116 Å². The second-order valence-corrected chi connectivity index (χ2v) is 5.65. The van der Waals surface area contributed by atoms with Gasteiger partial charge in [0.1, 0.15) is 0 Å². The number of hydrogen-bond donors (Lipinski definition) is 1. The van der Waals surface area contributed by atoms with Crippen LogP contribution in [0.2, 0.25) is 0 Å². The summed E-state index contributed by atoms with van der Waals surface area (Å²) in [6.07, 6.45) is 5.03. The van der Waals surface area contributed by atoms with Crippen molar-refractivity contribution in [2.45, 2.75) is 50.7 Å². The van der Waals surface area contributed by atoms with Gasteiger partial charge in [-0.1, -0.05) is 19.8 Å². The smallest absolute Gasteiger partial charge is 0.242 e. The van der Waals surface area contributed by atoms with Crippen LogP contribution in [0.5, 0.6) is 0 Å². The van der Waals surface area contributed by atoms with Crippen LogP contribution in [0.15, 0.2) is 0 Å². The maximum atomic E-state index is 12.4. The second-order valence-electron chi connectivity index (χ2n) is 5.65. The molecule has 1 aliphatic carbocycles. The zero-order valence-corrected chi connectivity index (χ0v) is 12.2. The van der Waals surface area contributed by atoms with Gasteiger partial charge in [-0.05, 0) is 25.2 Å². The Morgan fingerprint density at radius 1 is 1.39 bits per heavy atom. The molecule has 0 aromatic carbocycles. The van der Waals surface area contributed by atoms with Crippen molar-refractivity contribution in [3.8, 4) is 0 Å². The van der Waals surface area contributed by atoms with Crippen molar-refractivity contribution in [3.05, 3.63) is 0 Å². The van der Waals surface area contributed by atoms with Gasteiger partial charge in [-0.25, -0.2) is 0 Å². The number of ether oxygens (including phenoxy) is 1. The van der Waals surface area contributed by atoms with Crippen molar-refractivity contribution in [1.82, 2.24) is 4.90 Å². The molecule has 0 spiro atoms. The zero-order valence-electron chi connectivity index (χ0n) is 11.4. The van der Waals surface area contributed by atoms with Crippen LogP contribution in [0, 0.1) is 5.92 Å². The molecule has 2 N–H and O–H groups in total. The number of amides is 1. The fourth-order valence-electron chi connectivity index (χ4n) is 3.06. The summed E-state index contributed by atoms with van der Waals surface area (Å²) in [6, 6.07) is 0. The maximum Gasteiger partial charge on any atom is 0.242 e. The first-order valence-electron chi connectivity index (χ1n) is 6.68. The van der Waals surface area contributed by atoms with Gasteiger partial charge in [-0.2, -0.15) is 0 Å². The maximum absolute atomic E-state index is 12.4. The largest absolute Gasteiger partial charge is 0.379 e. The van der Waals surface area contributed by atoms with E-state index in [0.717, 1.165) is 38.6 Å². The summed E-state index contributed by atoms with van der Waals surface area (Å²) in [5.74, 6) is 0.672. The highest BCUT2D eigenvalue weighted by atomic mass is 35.5. The van der Waals surface area contributed by atoms with Gasteiger partial charge in [0.2, 0.25) is 5.91 Å². The fraction of sp³-hybridized carbons (Fsp3) is 0.923. The van der Waals surface area contributed by atoms with Gasteiger partial charge < -0.3 is 15.4 Å². The van der Waals surface area contributed by atoms with E-state index >= 15 is 0 Å². The number of nitrogens with zero attached hydrogens (tertiary/aromatic N) is 1. The lowest BCUT2D eigenvalue weighted by Gasteiger charge is -2.39. The summed E-state index contributed by atoms with van der Waals surface area (Å²) >= 11 is 0. The van der Waals surface area contributed by atoms with Gasteiger partial charge in [0.25, 0.3) is 0 Å². The molecule has 1 saturated carbocycles. The Bertz CT molecular complexity index is 293. The average Bonchev–Trinajstić information content (AvgIpc) is 2.77. The molecule has 0 radical (unpaired) electrons. The number of carbonyl (C=O) groups is 1. The summed E-state index contributed by atoms with van der Waals surface area (Å²) in [5, 5.41) is 0. The molecule has 1 saturated heterocycles. The molecule has 0 aromatic rings. The molecular formula is C13H25ClN2O2. The molecule has 1 heterocycles. The number of hydrogen-bond acceptors (Lipinski definition) is 3. The molecule has 2 unspecified atom stereocenters. The van der Waals surface area contributed by atoms with Crippen molar-refractivity contribution in [2.75, 3.05) is 20.2 Å². The summed E-state index contributed by atoms with van der Waals surface area (Å²) < 4.78 is 5.44. The van der Waals surface area contributed by atoms with Crippen LogP contribution < -0.4 is 5.73 Å². The molecule has 2 atom stereocenters. The Morgan fingerprint density at radius 3 is 2.56 bits per heavy atom. The molecular weight excluding hydrogens is 252 g/mol. The topological polar surface area (TPSA) is 55.6 Å². The van der Waals surface area contributed by atoms with Crippen LogP contribution in [-0.4, -0.2) is 42.6 Å². The first-order chi connectivity index (χ1) is 8.07. The minimum absolute atomic E-state index is 0. The molecule has 1 aliphatic heterocycles. The molecule has 5 heteroatoms. The van der Waals surface area contributed by atoms with Gasteiger partial charge in [-0.15, -0.1) is 12.4 Å². The van der Waals surface area contributed by atoms with E-state index in [1.54, 1.807) is 7.11 Å². The lowest BCUT2D eigenvalue weighted by molar-refractivity contribution is -0.141. The number of carbonyl (C=O) groups excluding carboxylic acids is 1. The number of likely N-dealkylation sites (tertiary alicyclic amines) is 1. The summed E-state index contributed by atoms with van der Waals surface area (Å²) in [4.78, 5) is 14.4. The third-order valence-electron chi connectivity index (χ3n) is 4.40. The zero-order chi connectivity index (χ0) is 12.5. The number of halogens is 1. The monoisotopic (exact) mass is 276 g/mol. The first kappa shape index (κ1) is 15.7. The van der Waals surface area contributed by atoms with Gasteiger partial charge in [0, 0.05) is 20.2 Å².